The van der Waals surface area contributed by atoms with Crippen LogP contribution in [0.3, 0.4) is 0 Å². The number of hydrogen-bond acceptors (Lipinski definition) is 6. The first-order chi connectivity index (χ1) is 14.3. The van der Waals surface area contributed by atoms with Crippen LogP contribution in [0.2, 0.25) is 0 Å². The van der Waals surface area contributed by atoms with Crippen LogP contribution in [0.25, 0.3) is 10.8 Å². The first kappa shape index (κ1) is 19.1. The number of ether oxygens (including phenoxy) is 2. The van der Waals surface area contributed by atoms with Gasteiger partial charge in [0.25, 0.3) is 5.91 Å². The molecule has 1 aromatic heterocycles. The number of carbonyl (C=O) groups excluding carboxylic acids is 1. The van der Waals surface area contributed by atoms with Gasteiger partial charge < -0.3 is 19.7 Å². The maximum Gasteiger partial charge on any atom is 0.256 e. The van der Waals surface area contributed by atoms with Crippen molar-refractivity contribution in [2.24, 2.45) is 0 Å². The van der Waals surface area contributed by atoms with Gasteiger partial charge in [-0.1, -0.05) is 30.3 Å². The van der Waals surface area contributed by atoms with Crippen molar-refractivity contribution in [3.8, 4) is 5.75 Å². The van der Waals surface area contributed by atoms with Gasteiger partial charge in [-0.15, -0.1) is 0 Å². The van der Waals surface area contributed by atoms with E-state index in [1.165, 1.54) is 0 Å². The van der Waals surface area contributed by atoms with Crippen molar-refractivity contribution in [1.29, 1.82) is 0 Å². The Labute approximate surface area is 169 Å². The molecule has 0 saturated carbocycles. The Morgan fingerprint density at radius 2 is 2.00 bits per heavy atom. The zero-order valence-corrected chi connectivity index (χ0v) is 16.4. The topological polar surface area (TPSA) is 76.6 Å². The number of carbonyl (C=O) groups is 1. The lowest BCUT2D eigenvalue weighted by Crippen LogP contribution is -2.37. The number of amides is 1. The number of aromatic nitrogens is 2. The van der Waals surface area contributed by atoms with Gasteiger partial charge in [-0.3, -0.25) is 4.79 Å². The van der Waals surface area contributed by atoms with Crippen molar-refractivity contribution >= 4 is 22.5 Å². The third kappa shape index (κ3) is 4.30. The summed E-state index contributed by atoms with van der Waals surface area (Å²) in [7, 11) is 0. The molecule has 0 spiro atoms. The Balaban J connectivity index is 1.54. The fraction of sp³-hybridized carbons (Fsp3) is 0.318. The quantitative estimate of drug-likeness (QED) is 0.695. The number of rotatable bonds is 6. The summed E-state index contributed by atoms with van der Waals surface area (Å²) in [6.45, 7) is 5.62. The normalized spacial score (nSPS) is 14.0. The third-order valence-corrected chi connectivity index (χ3v) is 4.85. The lowest BCUT2D eigenvalue weighted by atomic mass is 10.0. The molecule has 7 nitrogen and oxygen atoms in total. The Kier molecular flexibility index (Phi) is 5.86. The molecule has 1 saturated heterocycles. The van der Waals surface area contributed by atoms with Crippen molar-refractivity contribution in [2.75, 3.05) is 37.8 Å². The first-order valence-electron chi connectivity index (χ1n) is 9.83. The molecule has 150 valence electrons. The summed E-state index contributed by atoms with van der Waals surface area (Å²) in [5, 5.41) is 4.80. The molecule has 1 fully saturated rings. The van der Waals surface area contributed by atoms with E-state index in [2.05, 4.69) is 20.2 Å². The van der Waals surface area contributed by atoms with E-state index in [-0.39, 0.29) is 12.5 Å². The maximum atomic E-state index is 13.0. The highest BCUT2D eigenvalue weighted by Crippen LogP contribution is 2.28. The predicted molar refractivity (Wildman–Crippen MR) is 111 cm³/mol. The number of anilines is 1. The average Bonchev–Trinajstić information content (AvgIpc) is 2.78. The fourth-order valence-corrected chi connectivity index (χ4v) is 3.45. The summed E-state index contributed by atoms with van der Waals surface area (Å²) in [5.74, 6) is 1.80. The summed E-state index contributed by atoms with van der Waals surface area (Å²) in [4.78, 5) is 24.1. The highest BCUT2D eigenvalue weighted by molar-refractivity contribution is 6.09. The fourth-order valence-electron chi connectivity index (χ4n) is 3.45. The molecule has 7 heteroatoms. The SMILES string of the molecule is CCOc1ccc2ccccc2c1C(=O)NCc1nccc(N2CCOCC2)n1. The van der Waals surface area contributed by atoms with E-state index >= 15 is 0 Å². The Hall–Kier alpha value is -3.19. The molecule has 1 aliphatic heterocycles. The number of fused-ring (bicyclic) bond motifs is 1. The van der Waals surface area contributed by atoms with E-state index in [1.807, 2.05) is 49.4 Å². The summed E-state index contributed by atoms with van der Waals surface area (Å²) >= 11 is 0. The zero-order chi connectivity index (χ0) is 20.1. The molecular weight excluding hydrogens is 368 g/mol. The van der Waals surface area contributed by atoms with E-state index < -0.39 is 0 Å². The summed E-state index contributed by atoms with van der Waals surface area (Å²) in [6, 6.07) is 13.5. The molecule has 0 radical (unpaired) electrons. The van der Waals surface area contributed by atoms with Crippen LogP contribution in [0.1, 0.15) is 23.1 Å². The average molecular weight is 392 g/mol. The van der Waals surface area contributed by atoms with Gasteiger partial charge in [0.2, 0.25) is 0 Å². The van der Waals surface area contributed by atoms with Crippen molar-refractivity contribution in [1.82, 2.24) is 15.3 Å². The van der Waals surface area contributed by atoms with Crippen molar-refractivity contribution in [3.05, 3.63) is 60.0 Å². The van der Waals surface area contributed by atoms with Crippen LogP contribution < -0.4 is 15.0 Å². The van der Waals surface area contributed by atoms with Crippen LogP contribution in [0.5, 0.6) is 5.75 Å². The molecule has 3 aromatic rings. The van der Waals surface area contributed by atoms with E-state index in [4.69, 9.17) is 9.47 Å². The van der Waals surface area contributed by atoms with Crippen LogP contribution in [0.4, 0.5) is 5.82 Å². The molecule has 2 heterocycles. The second kappa shape index (κ2) is 8.87. The van der Waals surface area contributed by atoms with Gasteiger partial charge in [-0.25, -0.2) is 9.97 Å². The highest BCUT2D eigenvalue weighted by atomic mass is 16.5. The van der Waals surface area contributed by atoms with E-state index in [9.17, 15) is 4.79 Å². The maximum absolute atomic E-state index is 13.0. The number of morpholine rings is 1. The smallest absolute Gasteiger partial charge is 0.256 e. The van der Waals surface area contributed by atoms with Crippen LogP contribution in [-0.2, 0) is 11.3 Å². The van der Waals surface area contributed by atoms with Gasteiger partial charge in [-0.2, -0.15) is 0 Å². The molecule has 2 aromatic carbocycles. The Morgan fingerprint density at radius 3 is 2.83 bits per heavy atom. The van der Waals surface area contributed by atoms with E-state index in [0.717, 1.165) is 29.7 Å². The minimum absolute atomic E-state index is 0.203. The second-order valence-electron chi connectivity index (χ2n) is 6.71. The lowest BCUT2D eigenvalue weighted by Gasteiger charge is -2.27. The standard InChI is InChI=1S/C22H24N4O3/c1-2-29-18-8-7-16-5-3-4-6-17(16)21(18)22(27)24-15-19-23-10-9-20(25-19)26-11-13-28-14-12-26/h3-10H,2,11-15H2,1H3,(H,24,27). The summed E-state index contributed by atoms with van der Waals surface area (Å²) in [6.07, 6.45) is 1.73. The van der Waals surface area contributed by atoms with Gasteiger partial charge in [0.15, 0.2) is 0 Å². The highest BCUT2D eigenvalue weighted by Gasteiger charge is 2.17. The zero-order valence-electron chi connectivity index (χ0n) is 16.4. The molecular formula is C22H24N4O3. The predicted octanol–water partition coefficient (Wildman–Crippen LogP) is 2.80. The molecule has 0 bridgehead atoms. The largest absolute Gasteiger partial charge is 0.493 e. The van der Waals surface area contributed by atoms with Gasteiger partial charge in [-0.05, 0) is 29.8 Å². The second-order valence-corrected chi connectivity index (χ2v) is 6.71. The van der Waals surface area contributed by atoms with E-state index in [0.29, 0.717) is 37.0 Å². The molecule has 4 rings (SSSR count). The minimum Gasteiger partial charge on any atom is -0.493 e. The monoisotopic (exact) mass is 392 g/mol. The van der Waals surface area contributed by atoms with Crippen LogP contribution in [-0.4, -0.2) is 48.8 Å². The molecule has 1 aliphatic rings. The van der Waals surface area contributed by atoms with Crippen molar-refractivity contribution < 1.29 is 14.3 Å². The van der Waals surface area contributed by atoms with Crippen LogP contribution in [0, 0.1) is 0 Å². The van der Waals surface area contributed by atoms with Gasteiger partial charge in [0, 0.05) is 19.3 Å². The summed E-state index contributed by atoms with van der Waals surface area (Å²) < 4.78 is 11.1. The number of nitrogens with one attached hydrogen (secondary N) is 1. The van der Waals surface area contributed by atoms with Crippen LogP contribution in [0.15, 0.2) is 48.7 Å². The molecule has 1 amide bonds. The molecule has 0 unspecified atom stereocenters. The minimum atomic E-state index is -0.203. The molecule has 0 atom stereocenters. The van der Waals surface area contributed by atoms with Gasteiger partial charge >= 0.3 is 0 Å². The van der Waals surface area contributed by atoms with Gasteiger partial charge in [0.05, 0.1) is 31.9 Å². The number of hydrogen-bond donors (Lipinski definition) is 1. The van der Waals surface area contributed by atoms with E-state index in [1.54, 1.807) is 6.20 Å². The van der Waals surface area contributed by atoms with Crippen LogP contribution >= 0.6 is 0 Å². The molecule has 1 N–H and O–H groups in total. The number of benzene rings is 2. The first-order valence-corrected chi connectivity index (χ1v) is 9.83. The van der Waals surface area contributed by atoms with Crippen molar-refractivity contribution in [2.45, 2.75) is 13.5 Å². The Morgan fingerprint density at radius 1 is 1.17 bits per heavy atom. The molecule has 0 aliphatic carbocycles. The third-order valence-electron chi connectivity index (χ3n) is 4.85. The molecule has 29 heavy (non-hydrogen) atoms. The summed E-state index contributed by atoms with van der Waals surface area (Å²) in [5.41, 5.74) is 0.536. The Bertz CT molecular complexity index is 1000. The van der Waals surface area contributed by atoms with Crippen molar-refractivity contribution in [3.63, 3.8) is 0 Å². The van der Waals surface area contributed by atoms with Gasteiger partial charge in [0.1, 0.15) is 17.4 Å². The number of nitrogens with zero attached hydrogens (tertiary/aromatic N) is 3. The lowest BCUT2D eigenvalue weighted by molar-refractivity contribution is 0.0948.